The van der Waals surface area contributed by atoms with Crippen LogP contribution in [0.4, 0.5) is 11.4 Å². The summed E-state index contributed by atoms with van der Waals surface area (Å²) in [6.45, 7) is 3.03. The molecule has 1 heterocycles. The van der Waals surface area contributed by atoms with Crippen LogP contribution < -0.4 is 9.47 Å². The Kier molecular flexibility index (Phi) is 9.45. The lowest BCUT2D eigenvalue weighted by Gasteiger charge is -2.14. The number of nitrogens with zero attached hydrogens (tertiary/aromatic N) is 4. The Hall–Kier alpha value is -4.07. The second-order valence-corrected chi connectivity index (χ2v) is 11.0. The lowest BCUT2D eigenvalue weighted by molar-refractivity contribution is -0.554. The van der Waals surface area contributed by atoms with E-state index in [4.69, 9.17) is 29.0 Å². The highest BCUT2D eigenvalue weighted by Gasteiger charge is 2.36. The number of aliphatic hydroxyl groups is 1. The number of halogens is 1. The molecular weight excluding hydrogens is 580 g/mol. The maximum Gasteiger partial charge on any atom is 0.368 e. The van der Waals surface area contributed by atoms with Gasteiger partial charge in [0.2, 0.25) is 0 Å². The van der Waals surface area contributed by atoms with Gasteiger partial charge in [-0.2, -0.15) is 13.3 Å². The number of sulfonamides is 1. The monoisotopic (exact) mass is 604 g/mol. The Morgan fingerprint density at radius 3 is 2.30 bits per heavy atom. The van der Waals surface area contributed by atoms with Crippen molar-refractivity contribution >= 4 is 63.2 Å². The van der Waals surface area contributed by atoms with Crippen LogP contribution in [-0.2, 0) is 32.2 Å². The van der Waals surface area contributed by atoms with E-state index in [1.165, 1.54) is 48.1 Å². The topological polar surface area (TPSA) is 143 Å². The molecule has 3 rings (SSSR count). The Morgan fingerprint density at radius 1 is 1.18 bits per heavy atom. The van der Waals surface area contributed by atoms with Crippen LogP contribution in [0.5, 0.6) is 0 Å². The predicted molar refractivity (Wildman–Crippen MR) is 152 cm³/mol. The molecule has 14 heteroatoms. The number of rotatable bonds is 8. The van der Waals surface area contributed by atoms with Gasteiger partial charge in [0.05, 0.1) is 33.2 Å². The van der Waals surface area contributed by atoms with E-state index in [2.05, 4.69) is 4.40 Å². The molecular formula is C26H25ClN4O7S2. The molecule has 0 aliphatic heterocycles. The zero-order valence-corrected chi connectivity index (χ0v) is 24.2. The van der Waals surface area contributed by atoms with E-state index in [0.717, 1.165) is 17.8 Å². The Balaban J connectivity index is 2.38. The highest BCUT2D eigenvalue weighted by molar-refractivity contribution is 7.90. The number of non-ortho nitro benzene ring substituents is 1. The molecule has 0 fully saturated rings. The summed E-state index contributed by atoms with van der Waals surface area (Å²) >= 11 is 11.3. The van der Waals surface area contributed by atoms with Crippen LogP contribution in [0, 0.1) is 17.0 Å². The number of nitro groups is 1. The molecule has 2 aromatic carbocycles. The Labute approximate surface area is 241 Å². The van der Waals surface area contributed by atoms with Gasteiger partial charge in [-0.25, -0.2) is 9.36 Å². The van der Waals surface area contributed by atoms with Crippen LogP contribution >= 0.6 is 11.6 Å². The number of aromatic nitrogens is 1. The third kappa shape index (κ3) is 6.73. The van der Waals surface area contributed by atoms with Crippen LogP contribution in [0.15, 0.2) is 80.7 Å². The molecule has 3 aromatic rings. The maximum absolute atomic E-state index is 13.6. The van der Waals surface area contributed by atoms with Gasteiger partial charge in [0, 0.05) is 54.6 Å². The second-order valence-electron chi connectivity index (χ2n) is 8.54. The first-order valence-electron chi connectivity index (χ1n) is 11.6. The number of benzene rings is 2. The molecule has 1 N–H and O–H groups in total. The fraction of sp³-hybridized carbons (Fsp3) is 0.192. The Morgan fingerprint density at radius 2 is 1.77 bits per heavy atom. The average molecular weight is 605 g/mol. The van der Waals surface area contributed by atoms with Gasteiger partial charge < -0.3 is 27.4 Å². The van der Waals surface area contributed by atoms with Crippen molar-refractivity contribution in [1.82, 2.24) is 0 Å². The zero-order valence-electron chi connectivity index (χ0n) is 21.9. The lowest BCUT2D eigenvalue weighted by Crippen LogP contribution is -2.46. The molecule has 0 unspecified atom stereocenters. The van der Waals surface area contributed by atoms with Crippen molar-refractivity contribution in [2.24, 2.45) is 4.40 Å². The summed E-state index contributed by atoms with van der Waals surface area (Å²) in [7, 11) is -0.974. The number of esters is 1. The number of hydrogen-bond acceptors (Lipinski definition) is 9. The molecule has 1 aromatic heterocycles. The fourth-order valence-corrected chi connectivity index (χ4v) is 5.34. The molecule has 0 radical (unpaired) electrons. The third-order valence-electron chi connectivity index (χ3n) is 5.57. The number of carbonyl (C=O) groups is 1. The molecule has 0 spiro atoms. The molecule has 0 aliphatic carbocycles. The van der Waals surface area contributed by atoms with Crippen molar-refractivity contribution in [3.05, 3.63) is 92.8 Å². The van der Waals surface area contributed by atoms with Crippen LogP contribution in [0.3, 0.4) is 0 Å². The van der Waals surface area contributed by atoms with Crippen molar-refractivity contribution in [3.8, 4) is 0 Å². The van der Waals surface area contributed by atoms with Gasteiger partial charge in [-0.1, -0.05) is 17.7 Å². The van der Waals surface area contributed by atoms with Crippen molar-refractivity contribution < 1.29 is 32.5 Å². The summed E-state index contributed by atoms with van der Waals surface area (Å²) < 4.78 is 37.5. The number of aliphatic hydroxyl groups excluding tert-OH is 1. The second kappa shape index (κ2) is 12.4. The van der Waals surface area contributed by atoms with Crippen LogP contribution in [0.25, 0.3) is 5.76 Å². The van der Waals surface area contributed by atoms with E-state index in [9.17, 15) is 28.4 Å². The maximum atomic E-state index is 13.6. The number of nitro benzene ring substituents is 1. The highest BCUT2D eigenvalue weighted by Crippen LogP contribution is 2.27. The quantitative estimate of drug-likeness (QED) is 0.0464. The van der Waals surface area contributed by atoms with E-state index < -0.39 is 38.1 Å². The summed E-state index contributed by atoms with van der Waals surface area (Å²) in [5.41, 5.74) is 0.314. The first kappa shape index (κ1) is 30.5. The van der Waals surface area contributed by atoms with Gasteiger partial charge in [-0.05, 0) is 37.6 Å². The minimum atomic E-state index is -4.58. The summed E-state index contributed by atoms with van der Waals surface area (Å²) in [6.07, 6.45) is 2.90. The summed E-state index contributed by atoms with van der Waals surface area (Å²) in [4.78, 5) is 25.1. The molecule has 0 saturated heterocycles. The standard InChI is InChI=1S/C26H25ClN4O7S2/c1-5-38-26(33)23(24(32)17-6-8-19(9-7-17)31(34)35)25(30-12-10-18(11-13-30)29(3)4)28-40(36,37)22-14-16(2)20(27)15-21(22)39/h6-15H,5H2,1-4H3,(H-,28,32,33,39). The number of aryl methyl sites for hydroxylation is 1. The van der Waals surface area contributed by atoms with Gasteiger partial charge in [0.25, 0.3) is 5.69 Å². The molecule has 0 bridgehead atoms. The van der Waals surface area contributed by atoms with E-state index in [1.54, 1.807) is 38.1 Å². The minimum Gasteiger partial charge on any atom is -0.778 e. The number of pyridine rings is 1. The lowest BCUT2D eigenvalue weighted by atomic mass is 10.1. The first-order valence-corrected chi connectivity index (χ1v) is 13.9. The molecule has 11 nitrogen and oxygen atoms in total. The zero-order chi connectivity index (χ0) is 29.8. The van der Waals surface area contributed by atoms with E-state index in [0.29, 0.717) is 5.56 Å². The largest absolute Gasteiger partial charge is 0.778 e. The van der Waals surface area contributed by atoms with Gasteiger partial charge in [-0.15, -0.1) is 0 Å². The van der Waals surface area contributed by atoms with E-state index in [1.807, 2.05) is 0 Å². The van der Waals surface area contributed by atoms with Gasteiger partial charge in [-0.3, -0.25) is 10.1 Å². The third-order valence-corrected chi connectivity index (χ3v) is 7.75. The number of anilines is 1. The normalized spacial score (nSPS) is 12.5. The minimum absolute atomic E-state index is 0.0180. The predicted octanol–water partition coefficient (Wildman–Crippen LogP) is 3.98. The Bertz CT molecular complexity index is 1620. The van der Waals surface area contributed by atoms with Crippen molar-refractivity contribution in [2.75, 3.05) is 25.6 Å². The van der Waals surface area contributed by atoms with Crippen molar-refractivity contribution in [3.63, 3.8) is 0 Å². The summed E-state index contributed by atoms with van der Waals surface area (Å²) in [5, 5.41) is 22.6. The van der Waals surface area contributed by atoms with Crippen molar-refractivity contribution in [2.45, 2.75) is 23.6 Å². The van der Waals surface area contributed by atoms with Gasteiger partial charge in [0.1, 0.15) is 5.76 Å². The number of carbonyl (C=O) groups excluding carboxylic acids is 1. The van der Waals surface area contributed by atoms with Crippen LogP contribution in [-0.4, -0.2) is 51.0 Å². The number of ether oxygens (including phenoxy) is 1. The first-order chi connectivity index (χ1) is 18.8. The summed E-state index contributed by atoms with van der Waals surface area (Å²) in [5.74, 6) is -2.29. The average Bonchev–Trinajstić information content (AvgIpc) is 2.90. The van der Waals surface area contributed by atoms with Crippen LogP contribution in [0.1, 0.15) is 18.1 Å². The number of hydrogen-bond donors (Lipinski definition) is 1. The smallest absolute Gasteiger partial charge is 0.368 e. The summed E-state index contributed by atoms with van der Waals surface area (Å²) in [6, 6.07) is 10.5. The van der Waals surface area contributed by atoms with E-state index >= 15 is 0 Å². The molecule has 40 heavy (non-hydrogen) atoms. The van der Waals surface area contributed by atoms with Crippen molar-refractivity contribution in [1.29, 1.82) is 0 Å². The molecule has 0 aliphatic rings. The molecule has 0 atom stereocenters. The molecule has 210 valence electrons. The SMILES string of the molecule is CCOC(=O)C(/C(=N/S(=O)(=O)c1cc(C)c(Cl)cc1[S-])[n+]1ccc(N(C)C)cc1)=C(/O)c1ccc([N+](=O)[O-])cc1. The molecule has 0 saturated carbocycles. The highest BCUT2D eigenvalue weighted by atomic mass is 35.5. The molecule has 0 amide bonds. The van der Waals surface area contributed by atoms with Gasteiger partial charge >= 0.3 is 21.8 Å². The van der Waals surface area contributed by atoms with E-state index in [-0.39, 0.29) is 32.7 Å². The fourth-order valence-electron chi connectivity index (χ4n) is 3.46. The van der Waals surface area contributed by atoms with Gasteiger partial charge in [0.15, 0.2) is 5.57 Å². The van der Waals surface area contributed by atoms with Crippen LogP contribution in [0.2, 0.25) is 5.02 Å².